The van der Waals surface area contributed by atoms with Crippen LogP contribution in [-0.2, 0) is 17.6 Å². The van der Waals surface area contributed by atoms with Gasteiger partial charge in [-0.3, -0.25) is 4.79 Å². The van der Waals surface area contributed by atoms with Gasteiger partial charge in [-0.15, -0.1) is 0 Å². The number of hydrogen-bond acceptors (Lipinski definition) is 2. The minimum Gasteiger partial charge on any atom is -0.497 e. The second-order valence-corrected chi connectivity index (χ2v) is 5.70. The highest BCUT2D eigenvalue weighted by molar-refractivity contribution is 6.35. The van der Waals surface area contributed by atoms with E-state index in [9.17, 15) is 4.79 Å². The highest BCUT2D eigenvalue weighted by Crippen LogP contribution is 2.21. The second-order valence-electron chi connectivity index (χ2n) is 4.86. The van der Waals surface area contributed by atoms with Gasteiger partial charge in [0.05, 0.1) is 13.5 Å². The molecule has 0 radical (unpaired) electrons. The van der Waals surface area contributed by atoms with E-state index in [2.05, 4.69) is 5.32 Å². The maximum Gasteiger partial charge on any atom is 0.224 e. The summed E-state index contributed by atoms with van der Waals surface area (Å²) in [6, 6.07) is 12.9. The van der Waals surface area contributed by atoms with E-state index >= 15 is 0 Å². The van der Waals surface area contributed by atoms with Gasteiger partial charge in [0.1, 0.15) is 5.75 Å². The van der Waals surface area contributed by atoms with Crippen LogP contribution in [0.15, 0.2) is 42.5 Å². The number of methoxy groups -OCH3 is 1. The lowest BCUT2D eigenvalue weighted by Gasteiger charge is -2.07. The minimum atomic E-state index is -0.0577. The Labute approximate surface area is 140 Å². The van der Waals surface area contributed by atoms with Crippen molar-refractivity contribution in [1.82, 2.24) is 5.32 Å². The Morgan fingerprint density at radius 1 is 1.14 bits per heavy atom. The van der Waals surface area contributed by atoms with Crippen molar-refractivity contribution >= 4 is 29.1 Å². The van der Waals surface area contributed by atoms with Crippen molar-refractivity contribution in [2.45, 2.75) is 12.8 Å². The molecule has 2 aromatic carbocycles. The lowest BCUT2D eigenvalue weighted by atomic mass is 10.1. The van der Waals surface area contributed by atoms with Crippen molar-refractivity contribution in [3.8, 4) is 5.75 Å². The second kappa shape index (κ2) is 8.06. The van der Waals surface area contributed by atoms with Gasteiger partial charge in [0.15, 0.2) is 0 Å². The Kier molecular flexibility index (Phi) is 6.10. The van der Waals surface area contributed by atoms with Gasteiger partial charge >= 0.3 is 0 Å². The summed E-state index contributed by atoms with van der Waals surface area (Å²) in [5.41, 5.74) is 1.92. The van der Waals surface area contributed by atoms with E-state index in [1.54, 1.807) is 25.3 Å². The molecule has 0 spiro atoms. The van der Waals surface area contributed by atoms with E-state index in [-0.39, 0.29) is 12.3 Å². The van der Waals surface area contributed by atoms with Crippen molar-refractivity contribution in [2.75, 3.05) is 13.7 Å². The van der Waals surface area contributed by atoms with Gasteiger partial charge in [-0.1, -0.05) is 41.4 Å². The van der Waals surface area contributed by atoms with Crippen molar-refractivity contribution in [3.63, 3.8) is 0 Å². The molecule has 1 N–H and O–H groups in total. The lowest BCUT2D eigenvalue weighted by Crippen LogP contribution is -2.27. The molecule has 0 aliphatic rings. The molecule has 0 aromatic heterocycles. The Bertz CT molecular complexity index is 642. The third-order valence-electron chi connectivity index (χ3n) is 3.26. The maximum atomic E-state index is 11.9. The van der Waals surface area contributed by atoms with Crippen molar-refractivity contribution in [1.29, 1.82) is 0 Å². The lowest BCUT2D eigenvalue weighted by molar-refractivity contribution is -0.120. The summed E-state index contributed by atoms with van der Waals surface area (Å²) in [6.07, 6.45) is 1.02. The van der Waals surface area contributed by atoms with Gasteiger partial charge in [0.2, 0.25) is 5.91 Å². The van der Waals surface area contributed by atoms with E-state index < -0.39 is 0 Å². The highest BCUT2D eigenvalue weighted by Gasteiger charge is 2.07. The number of carbonyl (C=O) groups is 1. The average molecular weight is 338 g/mol. The van der Waals surface area contributed by atoms with Gasteiger partial charge < -0.3 is 10.1 Å². The van der Waals surface area contributed by atoms with Crippen molar-refractivity contribution < 1.29 is 9.53 Å². The van der Waals surface area contributed by atoms with Gasteiger partial charge in [-0.2, -0.15) is 0 Å². The molecule has 116 valence electrons. The summed E-state index contributed by atoms with van der Waals surface area (Å²) in [4.78, 5) is 11.9. The third-order valence-corrected chi connectivity index (χ3v) is 3.85. The highest BCUT2D eigenvalue weighted by atomic mass is 35.5. The van der Waals surface area contributed by atoms with Crippen LogP contribution in [-0.4, -0.2) is 19.6 Å². The largest absolute Gasteiger partial charge is 0.497 e. The molecule has 0 aliphatic carbocycles. The predicted molar refractivity (Wildman–Crippen MR) is 89.9 cm³/mol. The van der Waals surface area contributed by atoms with Gasteiger partial charge in [0, 0.05) is 16.6 Å². The summed E-state index contributed by atoms with van der Waals surface area (Å²) < 4.78 is 5.11. The van der Waals surface area contributed by atoms with Crippen LogP contribution in [0.1, 0.15) is 11.1 Å². The quantitative estimate of drug-likeness (QED) is 0.867. The van der Waals surface area contributed by atoms with E-state index in [1.165, 1.54) is 0 Å². The number of hydrogen-bond donors (Lipinski definition) is 1. The molecular formula is C17H17Cl2NO2. The summed E-state index contributed by atoms with van der Waals surface area (Å²) in [5, 5.41) is 3.96. The first-order valence-corrected chi connectivity index (χ1v) is 7.67. The number of benzene rings is 2. The van der Waals surface area contributed by atoms with Crippen LogP contribution in [0.4, 0.5) is 0 Å². The smallest absolute Gasteiger partial charge is 0.224 e. The Morgan fingerprint density at radius 2 is 1.86 bits per heavy atom. The Hall–Kier alpha value is -1.71. The van der Waals surface area contributed by atoms with Gasteiger partial charge in [0.25, 0.3) is 0 Å². The van der Waals surface area contributed by atoms with E-state index in [4.69, 9.17) is 27.9 Å². The van der Waals surface area contributed by atoms with E-state index in [0.29, 0.717) is 16.6 Å². The first-order chi connectivity index (χ1) is 10.6. The van der Waals surface area contributed by atoms with Crippen LogP contribution < -0.4 is 10.1 Å². The van der Waals surface area contributed by atoms with Gasteiger partial charge in [-0.25, -0.2) is 0 Å². The average Bonchev–Trinajstić information content (AvgIpc) is 2.51. The summed E-state index contributed by atoms with van der Waals surface area (Å²) >= 11 is 11.9. The number of ether oxygens (including phenoxy) is 1. The molecule has 0 fully saturated rings. The Morgan fingerprint density at radius 3 is 2.50 bits per heavy atom. The molecule has 0 aliphatic heterocycles. The van der Waals surface area contributed by atoms with Gasteiger partial charge in [-0.05, 0) is 41.8 Å². The van der Waals surface area contributed by atoms with Crippen molar-refractivity contribution in [2.24, 2.45) is 0 Å². The van der Waals surface area contributed by atoms with Crippen LogP contribution in [0.25, 0.3) is 0 Å². The molecule has 0 saturated carbocycles. The van der Waals surface area contributed by atoms with Crippen LogP contribution in [0.2, 0.25) is 10.0 Å². The van der Waals surface area contributed by atoms with Crippen molar-refractivity contribution in [3.05, 3.63) is 63.6 Å². The molecule has 0 heterocycles. The first kappa shape index (κ1) is 16.7. The van der Waals surface area contributed by atoms with E-state index in [1.807, 2.05) is 24.3 Å². The fourth-order valence-electron chi connectivity index (χ4n) is 2.04. The summed E-state index contributed by atoms with van der Waals surface area (Å²) in [7, 11) is 1.64. The monoisotopic (exact) mass is 337 g/mol. The predicted octanol–water partition coefficient (Wildman–Crippen LogP) is 3.90. The van der Waals surface area contributed by atoms with Crippen LogP contribution in [0.5, 0.6) is 5.75 Å². The zero-order chi connectivity index (χ0) is 15.9. The first-order valence-electron chi connectivity index (χ1n) is 6.92. The minimum absolute atomic E-state index is 0.0577. The summed E-state index contributed by atoms with van der Waals surface area (Å²) in [6.45, 7) is 0.580. The molecule has 22 heavy (non-hydrogen) atoms. The van der Waals surface area contributed by atoms with E-state index in [0.717, 1.165) is 23.3 Å². The Balaban J connectivity index is 1.79. The molecule has 0 atom stereocenters. The molecule has 1 amide bonds. The topological polar surface area (TPSA) is 38.3 Å². The fraction of sp³-hybridized carbons (Fsp3) is 0.235. The SMILES string of the molecule is COc1ccc(CCNC(=O)Cc2ccc(Cl)cc2Cl)cc1. The standard InChI is InChI=1S/C17H17Cl2NO2/c1-22-15-6-2-12(3-7-15)8-9-20-17(21)10-13-4-5-14(18)11-16(13)19/h2-7,11H,8-10H2,1H3,(H,20,21). The molecular weight excluding hydrogens is 321 g/mol. The molecule has 0 bridgehead atoms. The maximum absolute atomic E-state index is 11.9. The number of nitrogens with one attached hydrogen (secondary N) is 1. The number of halogens is 2. The number of amides is 1. The fourth-order valence-corrected chi connectivity index (χ4v) is 2.51. The summed E-state index contributed by atoms with van der Waals surface area (Å²) in [5.74, 6) is 0.767. The molecule has 5 heteroatoms. The number of carbonyl (C=O) groups excluding carboxylic acids is 1. The third kappa shape index (κ3) is 4.93. The normalized spacial score (nSPS) is 10.3. The number of rotatable bonds is 6. The molecule has 0 unspecified atom stereocenters. The van der Waals surface area contributed by atoms with Crippen LogP contribution in [0, 0.1) is 0 Å². The van der Waals surface area contributed by atoms with Crippen LogP contribution in [0.3, 0.4) is 0 Å². The molecule has 3 nitrogen and oxygen atoms in total. The molecule has 2 aromatic rings. The molecule has 2 rings (SSSR count). The molecule has 0 saturated heterocycles. The zero-order valence-electron chi connectivity index (χ0n) is 12.2. The van der Waals surface area contributed by atoms with Crippen LogP contribution >= 0.6 is 23.2 Å². The zero-order valence-corrected chi connectivity index (χ0v) is 13.7.